The van der Waals surface area contributed by atoms with Crippen LogP contribution in [0.4, 0.5) is 0 Å². The summed E-state index contributed by atoms with van der Waals surface area (Å²) in [5.41, 5.74) is 3.25. The molecule has 1 aliphatic carbocycles. The Morgan fingerprint density at radius 2 is 2.24 bits per heavy atom. The normalized spacial score (nSPS) is 21.9. The van der Waals surface area contributed by atoms with E-state index in [-0.39, 0.29) is 17.9 Å². The largest absolute Gasteiger partial charge is 0.347 e. The molecule has 2 aliphatic rings. The van der Waals surface area contributed by atoms with Crippen LogP contribution in [0.3, 0.4) is 0 Å². The Labute approximate surface area is 145 Å². The highest BCUT2D eigenvalue weighted by atomic mass is 16.5. The number of fused-ring (bicyclic) bond motifs is 1. The number of rotatable bonds is 4. The van der Waals surface area contributed by atoms with Gasteiger partial charge < -0.3 is 15.2 Å². The van der Waals surface area contributed by atoms with Crippen molar-refractivity contribution >= 4 is 11.8 Å². The van der Waals surface area contributed by atoms with Gasteiger partial charge in [-0.3, -0.25) is 9.59 Å². The second kappa shape index (κ2) is 6.31. The lowest BCUT2D eigenvalue weighted by atomic mass is 10.0. The molecule has 1 aliphatic heterocycles. The lowest BCUT2D eigenvalue weighted by Gasteiger charge is -2.17. The van der Waals surface area contributed by atoms with Gasteiger partial charge in [0.1, 0.15) is 6.04 Å². The topological polar surface area (TPSA) is 97.1 Å². The van der Waals surface area contributed by atoms with E-state index in [9.17, 15) is 9.59 Å². The Hall–Kier alpha value is -2.70. The zero-order valence-corrected chi connectivity index (χ0v) is 14.0. The molecule has 1 aromatic carbocycles. The van der Waals surface area contributed by atoms with Gasteiger partial charge in [0.15, 0.2) is 0 Å². The molecule has 1 saturated heterocycles. The van der Waals surface area contributed by atoms with Crippen molar-refractivity contribution in [1.29, 1.82) is 0 Å². The van der Waals surface area contributed by atoms with Crippen LogP contribution in [0.5, 0.6) is 0 Å². The third-order valence-electron chi connectivity index (χ3n) is 4.88. The smallest absolute Gasteiger partial charge is 0.243 e. The first kappa shape index (κ1) is 15.8. The highest BCUT2D eigenvalue weighted by Gasteiger charge is 2.31. The van der Waals surface area contributed by atoms with Crippen LogP contribution < -0.4 is 10.6 Å². The van der Waals surface area contributed by atoms with E-state index in [0.717, 1.165) is 24.0 Å². The van der Waals surface area contributed by atoms with Crippen LogP contribution in [-0.2, 0) is 22.4 Å². The van der Waals surface area contributed by atoms with Gasteiger partial charge in [-0.2, -0.15) is 4.98 Å². The fourth-order valence-electron chi connectivity index (χ4n) is 3.51. The van der Waals surface area contributed by atoms with Gasteiger partial charge in [0, 0.05) is 18.4 Å². The molecule has 0 unspecified atom stereocenters. The van der Waals surface area contributed by atoms with Crippen LogP contribution >= 0.6 is 0 Å². The first-order valence-corrected chi connectivity index (χ1v) is 8.69. The van der Waals surface area contributed by atoms with Gasteiger partial charge in [-0.1, -0.05) is 24.2 Å². The summed E-state index contributed by atoms with van der Waals surface area (Å²) in [5, 5.41) is 9.79. The molecule has 25 heavy (non-hydrogen) atoms. The quantitative estimate of drug-likeness (QED) is 0.882. The third-order valence-corrected chi connectivity index (χ3v) is 4.88. The standard InChI is InChI=1S/C18H20N4O3/c1-2-16-21-17(22-25-16)11-3-5-12-10(9-11)4-6-13(12)20-18(24)14-7-8-15(23)19-14/h3,5,9,13-14H,2,4,6-8H2,1H3,(H,19,23)(H,20,24)/t13-,14-/m1/s1. The Balaban J connectivity index is 1.49. The number of amides is 2. The average Bonchev–Trinajstić information content (AvgIpc) is 3.34. The molecule has 2 N–H and O–H groups in total. The fraction of sp³-hybridized carbons (Fsp3) is 0.444. The van der Waals surface area contributed by atoms with E-state index in [1.165, 1.54) is 5.56 Å². The minimum atomic E-state index is -0.400. The maximum Gasteiger partial charge on any atom is 0.243 e. The van der Waals surface area contributed by atoms with E-state index in [4.69, 9.17) is 4.52 Å². The Bertz CT molecular complexity index is 829. The van der Waals surface area contributed by atoms with Crippen molar-refractivity contribution in [3.63, 3.8) is 0 Å². The summed E-state index contributed by atoms with van der Waals surface area (Å²) < 4.78 is 5.17. The zero-order chi connectivity index (χ0) is 17.4. The van der Waals surface area contributed by atoms with E-state index in [1.807, 2.05) is 19.1 Å². The van der Waals surface area contributed by atoms with Gasteiger partial charge in [0.2, 0.25) is 23.5 Å². The summed E-state index contributed by atoms with van der Waals surface area (Å²) in [5.74, 6) is 1.07. The molecule has 1 fully saturated rings. The maximum absolute atomic E-state index is 12.3. The van der Waals surface area contributed by atoms with E-state index < -0.39 is 6.04 Å². The van der Waals surface area contributed by atoms with Gasteiger partial charge in [-0.05, 0) is 36.5 Å². The van der Waals surface area contributed by atoms with Gasteiger partial charge in [0.05, 0.1) is 6.04 Å². The monoisotopic (exact) mass is 340 g/mol. The second-order valence-electron chi connectivity index (χ2n) is 6.54. The van der Waals surface area contributed by atoms with Crippen molar-refractivity contribution in [1.82, 2.24) is 20.8 Å². The van der Waals surface area contributed by atoms with Crippen molar-refractivity contribution < 1.29 is 14.1 Å². The summed E-state index contributed by atoms with van der Waals surface area (Å²) in [6.45, 7) is 1.97. The Morgan fingerprint density at radius 1 is 1.36 bits per heavy atom. The number of nitrogens with zero attached hydrogens (tertiary/aromatic N) is 2. The molecule has 0 radical (unpaired) electrons. The molecule has 2 heterocycles. The molecule has 0 saturated carbocycles. The van der Waals surface area contributed by atoms with E-state index in [1.54, 1.807) is 0 Å². The number of benzene rings is 1. The van der Waals surface area contributed by atoms with Crippen molar-refractivity contribution in [2.45, 2.75) is 51.1 Å². The highest BCUT2D eigenvalue weighted by molar-refractivity contribution is 5.91. The van der Waals surface area contributed by atoms with Crippen LogP contribution in [0.15, 0.2) is 22.7 Å². The van der Waals surface area contributed by atoms with Crippen molar-refractivity contribution in [2.75, 3.05) is 0 Å². The number of carbonyl (C=O) groups is 2. The summed E-state index contributed by atoms with van der Waals surface area (Å²) in [6, 6.07) is 5.65. The Kier molecular flexibility index (Phi) is 3.99. The maximum atomic E-state index is 12.3. The summed E-state index contributed by atoms with van der Waals surface area (Å²) in [4.78, 5) is 28.0. The molecule has 130 valence electrons. The average molecular weight is 340 g/mol. The van der Waals surface area contributed by atoms with E-state index >= 15 is 0 Å². The predicted octanol–water partition coefficient (Wildman–Crippen LogP) is 1.68. The first-order valence-electron chi connectivity index (χ1n) is 8.69. The van der Waals surface area contributed by atoms with Crippen molar-refractivity contribution in [3.05, 3.63) is 35.2 Å². The van der Waals surface area contributed by atoms with E-state index in [2.05, 4.69) is 26.8 Å². The molecule has 0 bridgehead atoms. The fourth-order valence-corrected chi connectivity index (χ4v) is 3.51. The van der Waals surface area contributed by atoms with Crippen LogP contribution in [0, 0.1) is 0 Å². The number of aromatic nitrogens is 2. The lowest BCUT2D eigenvalue weighted by molar-refractivity contribution is -0.126. The second-order valence-corrected chi connectivity index (χ2v) is 6.54. The number of aryl methyl sites for hydroxylation is 2. The first-order chi connectivity index (χ1) is 12.1. The molecule has 2 aromatic rings. The number of hydrogen-bond acceptors (Lipinski definition) is 5. The molecule has 4 rings (SSSR count). The molecule has 7 heteroatoms. The van der Waals surface area contributed by atoms with E-state index in [0.29, 0.717) is 31.0 Å². The number of carbonyl (C=O) groups excluding carboxylic acids is 2. The van der Waals surface area contributed by atoms with Crippen LogP contribution in [-0.4, -0.2) is 28.0 Å². The van der Waals surface area contributed by atoms with Crippen molar-refractivity contribution in [3.8, 4) is 11.4 Å². The summed E-state index contributed by atoms with van der Waals surface area (Å²) >= 11 is 0. The summed E-state index contributed by atoms with van der Waals surface area (Å²) in [7, 11) is 0. The van der Waals surface area contributed by atoms with Crippen molar-refractivity contribution in [2.24, 2.45) is 0 Å². The number of hydrogen-bond donors (Lipinski definition) is 2. The third kappa shape index (κ3) is 3.01. The minimum Gasteiger partial charge on any atom is -0.347 e. The van der Waals surface area contributed by atoms with Crippen LogP contribution in [0.2, 0.25) is 0 Å². The van der Waals surface area contributed by atoms with Gasteiger partial charge in [-0.25, -0.2) is 0 Å². The van der Waals surface area contributed by atoms with Gasteiger partial charge in [0.25, 0.3) is 0 Å². The highest BCUT2D eigenvalue weighted by Crippen LogP contribution is 2.34. The summed E-state index contributed by atoms with van der Waals surface area (Å²) in [6.07, 6.45) is 3.46. The molecule has 2 atom stereocenters. The van der Waals surface area contributed by atoms with Gasteiger partial charge in [-0.15, -0.1) is 0 Å². The Morgan fingerprint density at radius 3 is 2.96 bits per heavy atom. The van der Waals surface area contributed by atoms with Gasteiger partial charge >= 0.3 is 0 Å². The SMILES string of the molecule is CCc1nc(-c2ccc3c(c2)CC[C@H]3NC(=O)[C@H]2CCC(=O)N2)no1. The molecule has 1 aromatic heterocycles. The minimum absolute atomic E-state index is 0.00878. The van der Waals surface area contributed by atoms with Crippen LogP contribution in [0.25, 0.3) is 11.4 Å². The molecule has 2 amide bonds. The lowest BCUT2D eigenvalue weighted by Crippen LogP contribution is -2.42. The molecular formula is C18H20N4O3. The molecule has 7 nitrogen and oxygen atoms in total. The number of nitrogens with one attached hydrogen (secondary N) is 2. The molecular weight excluding hydrogens is 320 g/mol. The predicted molar refractivity (Wildman–Crippen MR) is 89.5 cm³/mol. The van der Waals surface area contributed by atoms with Crippen LogP contribution in [0.1, 0.15) is 49.2 Å². The zero-order valence-electron chi connectivity index (χ0n) is 14.0. The molecule has 0 spiro atoms.